The van der Waals surface area contributed by atoms with E-state index in [2.05, 4.69) is 6.92 Å². The van der Waals surface area contributed by atoms with Gasteiger partial charge in [-0.3, -0.25) is 4.79 Å². The Balaban J connectivity index is 1.98. The molecule has 141 valence electrons. The summed E-state index contributed by atoms with van der Waals surface area (Å²) in [6.07, 6.45) is 17.9. The Hall–Kier alpha value is -1.51. The van der Waals surface area contributed by atoms with Crippen molar-refractivity contribution in [2.45, 2.75) is 84.0 Å². The molecule has 0 saturated carbocycles. The number of hydrogen-bond donors (Lipinski definition) is 0. The fourth-order valence-electron chi connectivity index (χ4n) is 2.98. The van der Waals surface area contributed by atoms with Crippen molar-refractivity contribution in [1.82, 2.24) is 0 Å². The average Bonchev–Trinajstić information content (AvgIpc) is 2.65. The highest BCUT2D eigenvalue weighted by molar-refractivity contribution is 5.76. The third kappa shape index (κ3) is 10.2. The van der Waals surface area contributed by atoms with Crippen LogP contribution in [0.15, 0.2) is 18.2 Å². The van der Waals surface area contributed by atoms with E-state index >= 15 is 0 Å². The fourth-order valence-corrected chi connectivity index (χ4v) is 2.98. The van der Waals surface area contributed by atoms with Crippen molar-refractivity contribution in [2.75, 3.05) is 13.7 Å². The van der Waals surface area contributed by atoms with Gasteiger partial charge in [0.05, 0.1) is 13.7 Å². The predicted octanol–water partition coefficient (Wildman–Crippen LogP) is 6.23. The van der Waals surface area contributed by atoms with E-state index in [4.69, 9.17) is 9.47 Å². The van der Waals surface area contributed by atoms with Crippen molar-refractivity contribution in [3.05, 3.63) is 23.8 Å². The van der Waals surface area contributed by atoms with Gasteiger partial charge in [-0.1, -0.05) is 77.6 Å². The molecule has 1 aromatic carbocycles. The van der Waals surface area contributed by atoms with Crippen LogP contribution >= 0.6 is 0 Å². The van der Waals surface area contributed by atoms with Crippen LogP contribution in [0.2, 0.25) is 0 Å². The summed E-state index contributed by atoms with van der Waals surface area (Å²) in [5, 5.41) is 0. The molecule has 1 radical (unpaired) electrons. The van der Waals surface area contributed by atoms with Gasteiger partial charge in [-0.25, -0.2) is 0 Å². The average molecular weight is 348 g/mol. The van der Waals surface area contributed by atoms with E-state index in [0.29, 0.717) is 23.7 Å². The van der Waals surface area contributed by atoms with Crippen LogP contribution in [-0.4, -0.2) is 20.0 Å². The Bertz CT molecular complexity index is 457. The van der Waals surface area contributed by atoms with E-state index in [-0.39, 0.29) is 0 Å². The number of hydrogen-bond acceptors (Lipinski definition) is 3. The highest BCUT2D eigenvalue weighted by Crippen LogP contribution is 2.27. The van der Waals surface area contributed by atoms with Crippen LogP contribution in [0.3, 0.4) is 0 Å². The summed E-state index contributed by atoms with van der Waals surface area (Å²) in [4.78, 5) is 10.7. The Morgan fingerprint density at radius 3 is 1.88 bits per heavy atom. The molecule has 3 heteroatoms. The maximum absolute atomic E-state index is 10.7. The van der Waals surface area contributed by atoms with Crippen LogP contribution in [0.5, 0.6) is 11.5 Å². The topological polar surface area (TPSA) is 35.5 Å². The van der Waals surface area contributed by atoms with Gasteiger partial charge in [-0.2, -0.15) is 0 Å². The SMILES string of the molecule is CCCCCCCCCCCCCCOc1ccc([C]=O)cc1OC. The molecule has 0 fully saturated rings. The molecule has 0 atom stereocenters. The lowest BCUT2D eigenvalue weighted by Gasteiger charge is -2.10. The fraction of sp³-hybridized carbons (Fsp3) is 0.682. The summed E-state index contributed by atoms with van der Waals surface area (Å²) < 4.78 is 11.0. The van der Waals surface area contributed by atoms with Crippen molar-refractivity contribution < 1.29 is 14.3 Å². The molecular formula is C22H35O3. The number of methoxy groups -OCH3 is 1. The van der Waals surface area contributed by atoms with Gasteiger partial charge in [-0.05, 0) is 24.6 Å². The molecule has 0 aromatic heterocycles. The molecule has 25 heavy (non-hydrogen) atoms. The van der Waals surface area contributed by atoms with E-state index in [1.54, 1.807) is 25.3 Å². The van der Waals surface area contributed by atoms with Crippen LogP contribution in [0.1, 0.15) is 89.5 Å². The highest BCUT2D eigenvalue weighted by Gasteiger charge is 2.05. The third-order valence-electron chi connectivity index (χ3n) is 4.54. The summed E-state index contributed by atoms with van der Waals surface area (Å²) in [5.74, 6) is 1.30. The molecule has 0 aliphatic rings. The normalized spacial score (nSPS) is 10.6. The van der Waals surface area contributed by atoms with E-state index in [9.17, 15) is 4.79 Å². The van der Waals surface area contributed by atoms with Crippen molar-refractivity contribution in [1.29, 1.82) is 0 Å². The molecule has 0 amide bonds. The molecule has 0 saturated heterocycles. The van der Waals surface area contributed by atoms with Crippen molar-refractivity contribution in [3.8, 4) is 11.5 Å². The first kappa shape index (κ1) is 21.5. The molecule has 0 heterocycles. The Morgan fingerprint density at radius 2 is 1.36 bits per heavy atom. The number of ether oxygens (including phenoxy) is 2. The van der Waals surface area contributed by atoms with Crippen LogP contribution in [0, 0.1) is 0 Å². The van der Waals surface area contributed by atoms with E-state index in [0.717, 1.165) is 6.42 Å². The number of unbranched alkanes of at least 4 members (excludes halogenated alkanes) is 11. The van der Waals surface area contributed by atoms with Crippen molar-refractivity contribution in [3.63, 3.8) is 0 Å². The highest BCUT2D eigenvalue weighted by atomic mass is 16.5. The summed E-state index contributed by atoms with van der Waals surface area (Å²) in [7, 11) is 1.58. The zero-order valence-electron chi connectivity index (χ0n) is 16.1. The Labute approximate surface area is 154 Å². The van der Waals surface area contributed by atoms with Gasteiger partial charge in [0.2, 0.25) is 6.29 Å². The first-order valence-corrected chi connectivity index (χ1v) is 10.0. The molecule has 0 unspecified atom stereocenters. The molecule has 0 aliphatic carbocycles. The molecule has 0 bridgehead atoms. The Morgan fingerprint density at radius 1 is 0.800 bits per heavy atom. The van der Waals surface area contributed by atoms with Gasteiger partial charge in [0.15, 0.2) is 11.5 Å². The van der Waals surface area contributed by atoms with Gasteiger partial charge in [0.1, 0.15) is 0 Å². The monoisotopic (exact) mass is 347 g/mol. The zero-order valence-corrected chi connectivity index (χ0v) is 16.1. The minimum Gasteiger partial charge on any atom is -0.493 e. The molecule has 1 aromatic rings. The largest absolute Gasteiger partial charge is 0.493 e. The molecule has 1 rings (SSSR count). The first-order chi connectivity index (χ1) is 12.3. The molecular weight excluding hydrogens is 312 g/mol. The molecule has 0 N–H and O–H groups in total. The number of carbonyl (C=O) groups excluding carboxylic acids is 1. The van der Waals surface area contributed by atoms with Gasteiger partial charge in [-0.15, -0.1) is 0 Å². The minimum absolute atomic E-state index is 0.481. The summed E-state index contributed by atoms with van der Waals surface area (Å²) in [6.45, 7) is 2.96. The number of rotatable bonds is 16. The lowest BCUT2D eigenvalue weighted by molar-refractivity contribution is 0.284. The van der Waals surface area contributed by atoms with Gasteiger partial charge in [0, 0.05) is 5.56 Å². The molecule has 0 spiro atoms. The van der Waals surface area contributed by atoms with Crippen LogP contribution < -0.4 is 9.47 Å². The zero-order chi connectivity index (χ0) is 18.2. The number of benzene rings is 1. The summed E-state index contributed by atoms with van der Waals surface area (Å²) in [5.41, 5.74) is 0.481. The quantitative estimate of drug-likeness (QED) is 0.332. The second-order valence-electron chi connectivity index (χ2n) is 6.71. The lowest BCUT2D eigenvalue weighted by atomic mass is 10.1. The van der Waals surface area contributed by atoms with Crippen LogP contribution in [0.4, 0.5) is 0 Å². The second-order valence-corrected chi connectivity index (χ2v) is 6.71. The third-order valence-corrected chi connectivity index (χ3v) is 4.54. The van der Waals surface area contributed by atoms with E-state index in [1.807, 2.05) is 6.29 Å². The van der Waals surface area contributed by atoms with E-state index in [1.165, 1.54) is 70.6 Å². The van der Waals surface area contributed by atoms with Crippen molar-refractivity contribution in [2.24, 2.45) is 0 Å². The minimum atomic E-state index is 0.481. The smallest absolute Gasteiger partial charge is 0.233 e. The maximum atomic E-state index is 10.7. The summed E-state index contributed by atoms with van der Waals surface area (Å²) in [6, 6.07) is 5.14. The van der Waals surface area contributed by atoms with Gasteiger partial charge < -0.3 is 9.47 Å². The van der Waals surface area contributed by atoms with E-state index < -0.39 is 0 Å². The van der Waals surface area contributed by atoms with Gasteiger partial charge >= 0.3 is 0 Å². The Kier molecular flexibility index (Phi) is 12.7. The lowest BCUT2D eigenvalue weighted by Crippen LogP contribution is -2.00. The molecule has 3 nitrogen and oxygen atoms in total. The predicted molar refractivity (Wildman–Crippen MR) is 104 cm³/mol. The van der Waals surface area contributed by atoms with Gasteiger partial charge in [0.25, 0.3) is 0 Å². The second kappa shape index (κ2) is 14.8. The summed E-state index contributed by atoms with van der Waals surface area (Å²) >= 11 is 0. The molecule has 0 aliphatic heterocycles. The van der Waals surface area contributed by atoms with Crippen LogP contribution in [0.25, 0.3) is 0 Å². The van der Waals surface area contributed by atoms with Crippen molar-refractivity contribution >= 4 is 6.29 Å². The van der Waals surface area contributed by atoms with Crippen LogP contribution in [-0.2, 0) is 4.79 Å². The first-order valence-electron chi connectivity index (χ1n) is 10.0. The standard InChI is InChI=1S/C22H35O3/c1-3-4-5-6-7-8-9-10-11-12-13-14-17-25-21-16-15-20(19-23)18-22(21)24-2/h15-16,18H,3-14,17H2,1-2H3. The maximum Gasteiger partial charge on any atom is 0.233 e.